The van der Waals surface area contributed by atoms with Crippen molar-refractivity contribution in [2.45, 2.75) is 11.8 Å². The number of alkyl halides is 2. The zero-order valence-corrected chi connectivity index (χ0v) is 14.1. The Morgan fingerprint density at radius 3 is 2.00 bits per heavy atom. The Morgan fingerprint density at radius 2 is 1.48 bits per heavy atom. The Morgan fingerprint density at radius 1 is 0.905 bits per heavy atom. The third kappa shape index (κ3) is 3.65. The van der Waals surface area contributed by atoms with E-state index in [-0.39, 0.29) is 17.6 Å². The van der Waals surface area contributed by atoms with Crippen LogP contribution in [-0.2, 0) is 11.8 Å². The van der Waals surface area contributed by atoms with Gasteiger partial charge in [-0.1, -0.05) is 41.4 Å². The van der Waals surface area contributed by atoms with Gasteiger partial charge in [0.05, 0.1) is 0 Å². The Labute approximate surface area is 143 Å². The second-order valence-electron chi connectivity index (χ2n) is 4.93. The van der Waals surface area contributed by atoms with Crippen molar-refractivity contribution in [3.8, 4) is 0 Å². The Balaban J connectivity index is 2.48. The fourth-order valence-corrected chi connectivity index (χ4v) is 3.56. The van der Waals surface area contributed by atoms with Crippen molar-refractivity contribution in [1.82, 2.24) is 0 Å². The molecular weight excluding hydrogens is 353 g/mol. The van der Waals surface area contributed by atoms with Gasteiger partial charge in [0.2, 0.25) is 0 Å². The fourth-order valence-electron chi connectivity index (χ4n) is 2.24. The number of rotatable bonds is 5. The summed E-state index contributed by atoms with van der Waals surface area (Å²) >= 11 is 24.8. The van der Waals surface area contributed by atoms with Crippen LogP contribution in [-0.4, -0.2) is 11.8 Å². The standard InChI is InChI=1S/C16H13Cl4F/c17-9-16(10-18,11-3-1-4-12(21)7-11)8-13-14(19)5-2-6-15(13)20/h1-7H,8-10H2. The summed E-state index contributed by atoms with van der Waals surface area (Å²) in [5.74, 6) is 0.153. The van der Waals surface area contributed by atoms with E-state index in [4.69, 9.17) is 46.4 Å². The van der Waals surface area contributed by atoms with E-state index in [1.54, 1.807) is 24.3 Å². The predicted molar refractivity (Wildman–Crippen MR) is 89.7 cm³/mol. The second-order valence-corrected chi connectivity index (χ2v) is 6.28. The van der Waals surface area contributed by atoms with Gasteiger partial charge in [-0.2, -0.15) is 0 Å². The van der Waals surface area contributed by atoms with Crippen LogP contribution in [0.2, 0.25) is 10.0 Å². The third-order valence-electron chi connectivity index (χ3n) is 3.53. The van der Waals surface area contributed by atoms with Crippen molar-refractivity contribution in [2.24, 2.45) is 0 Å². The molecule has 0 amide bonds. The first-order valence-corrected chi connectivity index (χ1v) is 8.16. The molecule has 0 saturated carbocycles. The molecule has 0 aliphatic carbocycles. The molecule has 0 saturated heterocycles. The molecule has 0 heterocycles. The lowest BCUT2D eigenvalue weighted by molar-refractivity contribution is 0.528. The highest BCUT2D eigenvalue weighted by atomic mass is 35.5. The average Bonchev–Trinajstić information content (AvgIpc) is 2.48. The normalized spacial score (nSPS) is 11.7. The van der Waals surface area contributed by atoms with Crippen molar-refractivity contribution in [3.63, 3.8) is 0 Å². The fraction of sp³-hybridized carbons (Fsp3) is 0.250. The largest absolute Gasteiger partial charge is 0.207 e. The summed E-state index contributed by atoms with van der Waals surface area (Å²) in [5.41, 5.74) is 0.884. The predicted octanol–water partition coefficient (Wildman–Crippen LogP) is 6.09. The molecule has 0 aromatic heterocycles. The quantitative estimate of drug-likeness (QED) is 0.562. The number of benzene rings is 2. The monoisotopic (exact) mass is 364 g/mol. The molecule has 0 unspecified atom stereocenters. The topological polar surface area (TPSA) is 0 Å². The van der Waals surface area contributed by atoms with E-state index in [1.165, 1.54) is 12.1 Å². The summed E-state index contributed by atoms with van der Waals surface area (Å²) in [6.45, 7) is 0. The maximum atomic E-state index is 13.5. The smallest absolute Gasteiger partial charge is 0.123 e. The maximum absolute atomic E-state index is 13.5. The summed E-state index contributed by atoms with van der Waals surface area (Å²) in [7, 11) is 0. The van der Waals surface area contributed by atoms with E-state index in [1.807, 2.05) is 6.07 Å². The van der Waals surface area contributed by atoms with Crippen molar-refractivity contribution >= 4 is 46.4 Å². The minimum Gasteiger partial charge on any atom is -0.207 e. The van der Waals surface area contributed by atoms with Gasteiger partial charge in [-0.25, -0.2) is 4.39 Å². The Bertz CT molecular complexity index is 603. The van der Waals surface area contributed by atoms with Crippen LogP contribution < -0.4 is 0 Å². The number of hydrogen-bond donors (Lipinski definition) is 0. The first kappa shape index (κ1) is 16.9. The zero-order valence-electron chi connectivity index (χ0n) is 11.1. The maximum Gasteiger partial charge on any atom is 0.123 e. The number of halogens is 5. The van der Waals surface area contributed by atoms with E-state index in [0.29, 0.717) is 16.5 Å². The van der Waals surface area contributed by atoms with Gasteiger partial charge in [0.25, 0.3) is 0 Å². The summed E-state index contributed by atoms with van der Waals surface area (Å²) in [6.07, 6.45) is 0.446. The van der Waals surface area contributed by atoms with Gasteiger partial charge in [0.1, 0.15) is 5.82 Å². The molecule has 0 aliphatic rings. The molecule has 0 bridgehead atoms. The highest BCUT2D eigenvalue weighted by Crippen LogP contribution is 2.36. The molecule has 0 aliphatic heterocycles. The third-order valence-corrected chi connectivity index (χ3v) is 5.26. The Kier molecular flexibility index (Phi) is 5.79. The van der Waals surface area contributed by atoms with E-state index in [0.717, 1.165) is 11.1 Å². The molecule has 21 heavy (non-hydrogen) atoms. The van der Waals surface area contributed by atoms with Crippen molar-refractivity contribution < 1.29 is 4.39 Å². The molecule has 0 N–H and O–H groups in total. The van der Waals surface area contributed by atoms with Gasteiger partial charge in [-0.15, -0.1) is 23.2 Å². The average molecular weight is 366 g/mol. The summed E-state index contributed by atoms with van der Waals surface area (Å²) in [4.78, 5) is 0. The molecule has 0 spiro atoms. The van der Waals surface area contributed by atoms with Gasteiger partial charge in [-0.05, 0) is 41.8 Å². The SMILES string of the molecule is Fc1cccc(C(CCl)(CCl)Cc2c(Cl)cccc2Cl)c1. The summed E-state index contributed by atoms with van der Waals surface area (Å²) < 4.78 is 13.5. The van der Waals surface area contributed by atoms with Crippen molar-refractivity contribution in [1.29, 1.82) is 0 Å². The summed E-state index contributed by atoms with van der Waals surface area (Å²) in [6, 6.07) is 11.6. The highest BCUT2D eigenvalue weighted by Gasteiger charge is 2.32. The Hall–Kier alpha value is -0.470. The van der Waals surface area contributed by atoms with Crippen LogP contribution in [0, 0.1) is 5.82 Å². The molecule has 112 valence electrons. The van der Waals surface area contributed by atoms with Crippen LogP contribution in [0.15, 0.2) is 42.5 Å². The lowest BCUT2D eigenvalue weighted by atomic mass is 9.78. The molecule has 2 aromatic rings. The minimum absolute atomic E-state index is 0.238. The van der Waals surface area contributed by atoms with Crippen LogP contribution >= 0.6 is 46.4 Å². The van der Waals surface area contributed by atoms with Crippen LogP contribution in [0.4, 0.5) is 4.39 Å². The first-order valence-electron chi connectivity index (χ1n) is 6.33. The van der Waals surface area contributed by atoms with Crippen molar-refractivity contribution in [2.75, 3.05) is 11.8 Å². The van der Waals surface area contributed by atoms with Crippen LogP contribution in [0.25, 0.3) is 0 Å². The molecule has 0 fully saturated rings. The van der Waals surface area contributed by atoms with Gasteiger partial charge in [0.15, 0.2) is 0 Å². The molecule has 0 nitrogen and oxygen atoms in total. The van der Waals surface area contributed by atoms with Crippen molar-refractivity contribution in [3.05, 3.63) is 69.5 Å². The van der Waals surface area contributed by atoms with Crippen LogP contribution in [0.5, 0.6) is 0 Å². The molecule has 2 aromatic carbocycles. The van der Waals surface area contributed by atoms with E-state index >= 15 is 0 Å². The van der Waals surface area contributed by atoms with Crippen LogP contribution in [0.3, 0.4) is 0 Å². The van der Waals surface area contributed by atoms with Gasteiger partial charge in [-0.3, -0.25) is 0 Å². The lowest BCUT2D eigenvalue weighted by Gasteiger charge is -2.31. The highest BCUT2D eigenvalue weighted by molar-refractivity contribution is 6.36. The minimum atomic E-state index is -0.625. The van der Waals surface area contributed by atoms with Gasteiger partial charge in [0, 0.05) is 27.2 Å². The van der Waals surface area contributed by atoms with Gasteiger partial charge < -0.3 is 0 Å². The summed E-state index contributed by atoms with van der Waals surface area (Å²) in [5, 5.41) is 1.11. The molecule has 0 radical (unpaired) electrons. The van der Waals surface area contributed by atoms with Gasteiger partial charge >= 0.3 is 0 Å². The van der Waals surface area contributed by atoms with E-state index in [9.17, 15) is 4.39 Å². The molecule has 2 rings (SSSR count). The molecule has 0 atom stereocenters. The van der Waals surface area contributed by atoms with E-state index < -0.39 is 5.41 Å². The first-order chi connectivity index (χ1) is 10.0. The molecular formula is C16H13Cl4F. The molecule has 5 heteroatoms. The zero-order chi connectivity index (χ0) is 15.5. The second kappa shape index (κ2) is 7.19. The van der Waals surface area contributed by atoms with Crippen LogP contribution in [0.1, 0.15) is 11.1 Å². The lowest BCUT2D eigenvalue weighted by Crippen LogP contribution is -2.33. The van der Waals surface area contributed by atoms with E-state index in [2.05, 4.69) is 0 Å². The number of hydrogen-bond acceptors (Lipinski definition) is 0.